The number of rotatable bonds is 7. The zero-order valence-corrected chi connectivity index (χ0v) is 20.7. The maximum absolute atomic E-state index is 12.8. The highest BCUT2D eigenvalue weighted by Gasteiger charge is 2.29. The van der Waals surface area contributed by atoms with Crippen molar-refractivity contribution >= 4 is 11.9 Å². The Kier molecular flexibility index (Phi) is 7.28. The number of carbonyl (C=O) groups is 1. The molecule has 0 bridgehead atoms. The second-order valence-corrected chi connectivity index (χ2v) is 9.98. The van der Waals surface area contributed by atoms with Gasteiger partial charge in [0, 0.05) is 44.2 Å². The molecule has 8 nitrogen and oxygen atoms in total. The molecule has 1 unspecified atom stereocenters. The number of anilines is 1. The first-order valence-electron chi connectivity index (χ1n) is 12.7. The first-order valence-corrected chi connectivity index (χ1v) is 12.7. The lowest BCUT2D eigenvalue weighted by atomic mass is 9.96. The van der Waals surface area contributed by atoms with Gasteiger partial charge in [0.2, 0.25) is 11.7 Å². The topological polar surface area (TPSA) is 98.3 Å². The van der Waals surface area contributed by atoms with E-state index >= 15 is 0 Å². The van der Waals surface area contributed by atoms with E-state index in [1.165, 1.54) is 11.1 Å². The summed E-state index contributed by atoms with van der Waals surface area (Å²) in [5.41, 5.74) is 3.95. The summed E-state index contributed by atoms with van der Waals surface area (Å²) in [6.07, 6.45) is 2.65. The molecule has 186 valence electrons. The van der Waals surface area contributed by atoms with Gasteiger partial charge < -0.3 is 14.7 Å². The molecule has 2 saturated heterocycles. The van der Waals surface area contributed by atoms with Crippen molar-refractivity contribution in [3.63, 3.8) is 0 Å². The molecule has 2 aliphatic heterocycles. The van der Waals surface area contributed by atoms with Gasteiger partial charge in [0.25, 0.3) is 0 Å². The average Bonchev–Trinajstić information content (AvgIpc) is 3.59. The van der Waals surface area contributed by atoms with Gasteiger partial charge in [-0.25, -0.2) is 0 Å². The highest BCUT2D eigenvalue weighted by molar-refractivity contribution is 5.79. The summed E-state index contributed by atoms with van der Waals surface area (Å²) in [6.45, 7) is 7.35. The van der Waals surface area contributed by atoms with E-state index in [4.69, 9.17) is 9.78 Å². The van der Waals surface area contributed by atoms with Crippen LogP contribution in [0.5, 0.6) is 0 Å². The fourth-order valence-corrected chi connectivity index (χ4v) is 5.09. The zero-order chi connectivity index (χ0) is 24.9. The van der Waals surface area contributed by atoms with E-state index in [1.807, 2.05) is 11.0 Å². The van der Waals surface area contributed by atoms with Crippen molar-refractivity contribution in [2.45, 2.75) is 32.7 Å². The summed E-state index contributed by atoms with van der Waals surface area (Å²) in [6, 6.07) is 18.5. The summed E-state index contributed by atoms with van der Waals surface area (Å²) in [4.78, 5) is 21.9. The first kappa shape index (κ1) is 24.0. The minimum atomic E-state index is 0.0148. The number of likely N-dealkylation sites (tertiary alicyclic amines) is 1. The van der Waals surface area contributed by atoms with Crippen molar-refractivity contribution in [3.8, 4) is 17.5 Å². The molecule has 2 aliphatic rings. The number of nitrogens with one attached hydrogen (secondary N) is 1. The minimum Gasteiger partial charge on any atom is -0.356 e. The van der Waals surface area contributed by atoms with Crippen LogP contribution in [0.25, 0.3) is 11.4 Å². The van der Waals surface area contributed by atoms with Crippen LogP contribution >= 0.6 is 0 Å². The molecule has 0 radical (unpaired) electrons. The van der Waals surface area contributed by atoms with Gasteiger partial charge in [0.05, 0.1) is 11.6 Å². The van der Waals surface area contributed by atoms with Crippen molar-refractivity contribution in [2.24, 2.45) is 11.8 Å². The lowest BCUT2D eigenvalue weighted by molar-refractivity contribution is -0.125. The molecule has 1 aromatic heterocycles. The summed E-state index contributed by atoms with van der Waals surface area (Å²) in [5.74, 6) is 1.15. The van der Waals surface area contributed by atoms with E-state index < -0.39 is 0 Å². The molecule has 36 heavy (non-hydrogen) atoms. The SMILES string of the molecule is Cc1ccc(CN2CCC(CNC(=O)C3CCN(c4nc(-c5cccc(C#N)c5)no4)CC3)C2)cc1. The minimum absolute atomic E-state index is 0.0148. The molecular weight excluding hydrogens is 452 g/mol. The van der Waals surface area contributed by atoms with Gasteiger partial charge in [-0.05, 0) is 56.3 Å². The Balaban J connectivity index is 1.06. The number of aromatic nitrogens is 2. The lowest BCUT2D eigenvalue weighted by Gasteiger charge is -2.30. The second kappa shape index (κ2) is 10.9. The summed E-state index contributed by atoms with van der Waals surface area (Å²) < 4.78 is 5.48. The molecule has 8 heteroatoms. The van der Waals surface area contributed by atoms with Gasteiger partial charge >= 0.3 is 6.01 Å². The molecule has 0 aliphatic carbocycles. The van der Waals surface area contributed by atoms with E-state index in [0.29, 0.717) is 36.4 Å². The van der Waals surface area contributed by atoms with Gasteiger partial charge in [-0.1, -0.05) is 47.1 Å². The molecule has 2 fully saturated rings. The molecule has 3 heterocycles. The van der Waals surface area contributed by atoms with Crippen LogP contribution in [-0.4, -0.2) is 53.7 Å². The molecule has 2 aromatic carbocycles. The van der Waals surface area contributed by atoms with Crippen LogP contribution in [0.4, 0.5) is 6.01 Å². The van der Waals surface area contributed by atoms with Crippen LogP contribution in [0.1, 0.15) is 36.0 Å². The number of benzene rings is 2. The Morgan fingerprint density at radius 2 is 1.94 bits per heavy atom. The van der Waals surface area contributed by atoms with E-state index in [9.17, 15) is 4.79 Å². The fraction of sp³-hybridized carbons (Fsp3) is 0.429. The van der Waals surface area contributed by atoms with Crippen molar-refractivity contribution in [1.29, 1.82) is 5.26 Å². The van der Waals surface area contributed by atoms with Crippen LogP contribution < -0.4 is 10.2 Å². The smallest absolute Gasteiger partial charge is 0.324 e. The Morgan fingerprint density at radius 1 is 1.14 bits per heavy atom. The van der Waals surface area contributed by atoms with Crippen molar-refractivity contribution in [1.82, 2.24) is 20.4 Å². The number of aryl methyl sites for hydroxylation is 1. The number of hydrogen-bond acceptors (Lipinski definition) is 7. The largest absolute Gasteiger partial charge is 0.356 e. The standard InChI is InChI=1S/C28H32N6O2/c1-20-5-7-21(8-6-20)18-33-12-9-23(19-33)17-30-27(35)24-10-13-34(14-11-24)28-31-26(32-36-28)25-4-2-3-22(15-25)16-29/h2-8,15,23-24H,9-14,17-19H2,1H3,(H,30,35). The molecule has 0 spiro atoms. The molecule has 1 atom stereocenters. The van der Waals surface area contributed by atoms with Crippen molar-refractivity contribution in [3.05, 3.63) is 65.2 Å². The Labute approximate surface area is 211 Å². The molecule has 3 aromatic rings. The maximum atomic E-state index is 12.8. The van der Waals surface area contributed by atoms with Crippen molar-refractivity contribution < 1.29 is 9.32 Å². The number of nitrogens with zero attached hydrogens (tertiary/aromatic N) is 5. The van der Waals surface area contributed by atoms with Crippen LogP contribution in [0.2, 0.25) is 0 Å². The number of nitriles is 1. The number of carbonyl (C=O) groups excluding carboxylic acids is 1. The van der Waals surface area contributed by atoms with E-state index in [2.05, 4.69) is 57.6 Å². The third-order valence-corrected chi connectivity index (χ3v) is 7.26. The van der Waals surface area contributed by atoms with Crippen LogP contribution in [0.3, 0.4) is 0 Å². The van der Waals surface area contributed by atoms with Crippen LogP contribution in [-0.2, 0) is 11.3 Å². The second-order valence-electron chi connectivity index (χ2n) is 9.98. The van der Waals surface area contributed by atoms with Crippen molar-refractivity contribution in [2.75, 3.05) is 37.6 Å². The van der Waals surface area contributed by atoms with Gasteiger partial charge in [0.15, 0.2) is 0 Å². The highest BCUT2D eigenvalue weighted by atomic mass is 16.5. The third kappa shape index (κ3) is 5.74. The summed E-state index contributed by atoms with van der Waals surface area (Å²) in [5, 5.41) is 16.4. The fourth-order valence-electron chi connectivity index (χ4n) is 5.09. The molecule has 0 saturated carbocycles. The van der Waals surface area contributed by atoms with E-state index in [0.717, 1.165) is 51.0 Å². The van der Waals surface area contributed by atoms with Gasteiger partial charge in [0.1, 0.15) is 0 Å². The summed E-state index contributed by atoms with van der Waals surface area (Å²) >= 11 is 0. The van der Waals surface area contributed by atoms with Gasteiger partial charge in [-0.3, -0.25) is 9.69 Å². The quantitative estimate of drug-likeness (QED) is 0.545. The predicted molar refractivity (Wildman–Crippen MR) is 137 cm³/mol. The molecular formula is C28H32N6O2. The maximum Gasteiger partial charge on any atom is 0.324 e. The van der Waals surface area contributed by atoms with E-state index in [1.54, 1.807) is 18.2 Å². The number of piperidine rings is 1. The highest BCUT2D eigenvalue weighted by Crippen LogP contribution is 2.26. The number of amides is 1. The zero-order valence-electron chi connectivity index (χ0n) is 20.7. The molecule has 1 amide bonds. The molecule has 1 N–H and O–H groups in total. The van der Waals surface area contributed by atoms with Crippen LogP contribution in [0, 0.1) is 30.1 Å². The first-order chi connectivity index (χ1) is 17.6. The Hall–Kier alpha value is -3.70. The monoisotopic (exact) mass is 484 g/mol. The predicted octanol–water partition coefficient (Wildman–Crippen LogP) is 3.77. The average molecular weight is 485 g/mol. The molecule has 5 rings (SSSR count). The van der Waals surface area contributed by atoms with Crippen LogP contribution in [0.15, 0.2) is 53.1 Å². The normalized spacial score (nSPS) is 18.8. The summed E-state index contributed by atoms with van der Waals surface area (Å²) in [7, 11) is 0. The lowest BCUT2D eigenvalue weighted by Crippen LogP contribution is -2.42. The van der Waals surface area contributed by atoms with Gasteiger partial charge in [-0.15, -0.1) is 0 Å². The Morgan fingerprint density at radius 3 is 2.72 bits per heavy atom. The van der Waals surface area contributed by atoms with E-state index in [-0.39, 0.29) is 11.8 Å². The third-order valence-electron chi connectivity index (χ3n) is 7.26. The number of hydrogen-bond donors (Lipinski definition) is 1. The Bertz CT molecular complexity index is 1220. The van der Waals surface area contributed by atoms with Gasteiger partial charge in [-0.2, -0.15) is 10.2 Å².